The number of carboxylic acids is 1. The lowest BCUT2D eigenvalue weighted by Crippen LogP contribution is -2.49. The molecule has 0 radical (unpaired) electrons. The van der Waals surface area contributed by atoms with Crippen LogP contribution in [-0.2, 0) is 59.0 Å². The average molecular weight is 1370 g/mol. The molecule has 7 rings (SSSR count). The van der Waals surface area contributed by atoms with E-state index in [0.29, 0.717) is 141 Å². The van der Waals surface area contributed by atoms with E-state index in [-0.39, 0.29) is 106 Å². The van der Waals surface area contributed by atoms with Gasteiger partial charge in [0, 0.05) is 141 Å². The summed E-state index contributed by atoms with van der Waals surface area (Å²) >= 11 is 1.37. The van der Waals surface area contributed by atoms with Crippen molar-refractivity contribution >= 4 is 82.9 Å². The Balaban J connectivity index is 0.840. The number of hydrogen-bond acceptors (Lipinski definition) is 21. The Morgan fingerprint density at radius 2 is 1.42 bits per heavy atom. The van der Waals surface area contributed by atoms with Crippen LogP contribution in [0.15, 0.2) is 54.7 Å². The second-order valence-corrected chi connectivity index (χ2v) is 27.0. The molecule has 0 spiro atoms. The third-order valence-corrected chi connectivity index (χ3v) is 19.3. The second kappa shape index (κ2) is 40.1. The first-order valence-electron chi connectivity index (χ1n) is 33.8. The molecular weight excluding hydrogens is 1270 g/mol. The molecule has 27 nitrogen and oxygen atoms in total. The normalized spacial score (nSPS) is 19.9. The van der Waals surface area contributed by atoms with Crippen LogP contribution in [0.1, 0.15) is 105 Å². The van der Waals surface area contributed by atoms with Gasteiger partial charge in [0.15, 0.2) is 0 Å². The quantitative estimate of drug-likeness (QED) is 0.0366. The van der Waals surface area contributed by atoms with E-state index in [1.54, 1.807) is 29.2 Å². The van der Waals surface area contributed by atoms with Crippen molar-refractivity contribution in [1.29, 1.82) is 5.26 Å². The summed E-state index contributed by atoms with van der Waals surface area (Å²) in [5, 5.41) is 27.5. The summed E-state index contributed by atoms with van der Waals surface area (Å²) in [5.41, 5.74) is 1.54. The molecule has 0 bridgehead atoms. The number of nitriles is 1. The first kappa shape index (κ1) is 76.5. The van der Waals surface area contributed by atoms with E-state index in [1.807, 2.05) is 32.6 Å². The number of imide groups is 1. The fourth-order valence-corrected chi connectivity index (χ4v) is 13.8. The smallest absolute Gasteiger partial charge is 0.317 e. The molecule has 29 heteroatoms. The number of carbonyl (C=O) groups excluding carboxylic acids is 9. The zero-order valence-electron chi connectivity index (χ0n) is 56.1. The fraction of sp³-hybridized carbons (Fsp3) is 0.618. The molecule has 3 unspecified atom stereocenters. The van der Waals surface area contributed by atoms with Crippen molar-refractivity contribution in [2.24, 2.45) is 0 Å². The minimum absolute atomic E-state index is 0.00154. The molecule has 5 heterocycles. The molecule has 0 aliphatic carbocycles. The van der Waals surface area contributed by atoms with E-state index in [0.717, 1.165) is 56.4 Å². The number of aryl methyl sites for hydroxylation is 2. The van der Waals surface area contributed by atoms with Gasteiger partial charge in [0.1, 0.15) is 30.9 Å². The van der Waals surface area contributed by atoms with Gasteiger partial charge in [-0.3, -0.25) is 82.3 Å². The summed E-state index contributed by atoms with van der Waals surface area (Å²) in [4.78, 5) is 146. The Labute approximate surface area is 571 Å². The summed E-state index contributed by atoms with van der Waals surface area (Å²) in [6.07, 6.45) is 8.29. The van der Waals surface area contributed by atoms with Crippen LogP contribution in [0.25, 0.3) is 10.9 Å². The molecule has 1 aromatic heterocycles. The number of likely N-dealkylation sites (tertiary alicyclic amines) is 2. The van der Waals surface area contributed by atoms with E-state index in [9.17, 15) is 62.7 Å². The summed E-state index contributed by atoms with van der Waals surface area (Å²) < 4.78 is 30.8. The molecule has 97 heavy (non-hydrogen) atoms. The first-order valence-corrected chi connectivity index (χ1v) is 34.7. The number of aromatic nitrogens is 1. The van der Waals surface area contributed by atoms with Crippen LogP contribution in [0.5, 0.6) is 5.75 Å². The van der Waals surface area contributed by atoms with Crippen molar-refractivity contribution in [1.82, 2.24) is 60.1 Å². The van der Waals surface area contributed by atoms with Crippen LogP contribution < -0.4 is 20.7 Å². The van der Waals surface area contributed by atoms with Gasteiger partial charge in [-0.2, -0.15) is 5.26 Å². The van der Waals surface area contributed by atoms with Crippen molar-refractivity contribution in [2.75, 3.05) is 151 Å². The molecule has 7 amide bonds. The number of alkyl halides is 1. The van der Waals surface area contributed by atoms with Crippen LogP contribution >= 0.6 is 11.8 Å². The molecule has 4 aliphatic rings. The molecule has 4 fully saturated rings. The number of unbranched alkanes of at least 4 members (excludes halogenated alkanes) is 3. The minimum Gasteiger partial charge on any atom is -0.494 e. The Morgan fingerprint density at radius 1 is 0.753 bits per heavy atom. The number of carboxylic acid groups (broad SMARTS) is 1. The lowest BCUT2D eigenvalue weighted by Gasteiger charge is -2.35. The van der Waals surface area contributed by atoms with E-state index in [4.69, 9.17) is 14.2 Å². The molecule has 4 saturated heterocycles. The standard InChI is InChI=1S/C68H96FN13O14S/c1-51-14-16-52(17-15-51)10-8-12-60(85)72-21-5-3-4-11-55(42-73-61(86)44-76-25-26-77(45-65(90)91)28-30-79(48-95-50-84)32-31-78(29-27-76)47-94-49-83)97-59-39-63(88)81(67(59)93)24-9-13-62(87)80-35-33-75(34-36-80)23-6-7-37-96-54-18-19-58-57(38-54)56(20-22-71-58)66(92)74-43-64(89)82-46-68(2,69)40-53(82)41-70/h14-20,22,38,49-50,53,55,59H,3-13,21,23-37,39-40,42-48H2,1-2H3,(H,72,85)(H,73,86)(H,74,92)(H,90,91)/t53-,55?,59?,68?/m1/s1. The van der Waals surface area contributed by atoms with Crippen LogP contribution in [0.2, 0.25) is 0 Å². The van der Waals surface area contributed by atoms with E-state index >= 15 is 0 Å². The van der Waals surface area contributed by atoms with Gasteiger partial charge in [0.25, 0.3) is 18.9 Å². The molecule has 530 valence electrons. The van der Waals surface area contributed by atoms with Gasteiger partial charge in [0.05, 0.1) is 55.2 Å². The molecule has 3 aromatic rings. The minimum atomic E-state index is -1.68. The maximum absolute atomic E-state index is 14.6. The highest BCUT2D eigenvalue weighted by Gasteiger charge is 2.44. The van der Waals surface area contributed by atoms with Gasteiger partial charge in [0.2, 0.25) is 35.4 Å². The number of nitrogens with zero attached hydrogens (tertiary/aromatic N) is 10. The third-order valence-electron chi connectivity index (χ3n) is 17.9. The SMILES string of the molecule is Cc1ccc(CCCC(=O)NCCCCCC(CNC(=O)CN2CCN(COC=O)CCN(COC=O)CCN(CC(=O)O)CC2)SC2CC(=O)N(CCCC(=O)N3CCN(CCCCOc4ccc5nccc(C(=O)NCC(=O)N6CC(C)(F)C[C@@H]6C#N)c5c4)CC3)C2=O)cc1. The largest absolute Gasteiger partial charge is 0.494 e. The number of benzene rings is 2. The second-order valence-electron chi connectivity index (χ2n) is 25.5. The van der Waals surface area contributed by atoms with Gasteiger partial charge < -0.3 is 45.1 Å². The molecule has 4 N–H and O–H groups in total. The molecule has 4 atom stereocenters. The number of halogens is 1. The molecule has 2 aromatic carbocycles. The zero-order valence-corrected chi connectivity index (χ0v) is 56.9. The molecular formula is C68H96FN13O14S. The van der Waals surface area contributed by atoms with Gasteiger partial charge >= 0.3 is 5.97 Å². The predicted octanol–water partition coefficient (Wildman–Crippen LogP) is 2.82. The number of fused-ring (bicyclic) bond motifs is 1. The van der Waals surface area contributed by atoms with Gasteiger partial charge in [-0.15, -0.1) is 11.8 Å². The van der Waals surface area contributed by atoms with Crippen molar-refractivity contribution < 1.29 is 71.7 Å². The van der Waals surface area contributed by atoms with Crippen molar-refractivity contribution in [3.63, 3.8) is 0 Å². The molecule has 0 saturated carbocycles. The highest BCUT2D eigenvalue weighted by molar-refractivity contribution is 8.01. The Bertz CT molecular complexity index is 3150. The molecule has 4 aliphatic heterocycles. The van der Waals surface area contributed by atoms with Crippen molar-refractivity contribution in [3.8, 4) is 11.8 Å². The highest BCUT2D eigenvalue weighted by atomic mass is 32.2. The van der Waals surface area contributed by atoms with E-state index in [2.05, 4.69) is 50.1 Å². The maximum Gasteiger partial charge on any atom is 0.317 e. The number of aliphatic carboxylic acids is 1. The number of carbonyl (C=O) groups is 10. The number of amides is 7. The number of ether oxygens (including phenoxy) is 3. The summed E-state index contributed by atoms with van der Waals surface area (Å²) in [6, 6.07) is 16.2. The van der Waals surface area contributed by atoms with Crippen LogP contribution in [0.3, 0.4) is 0 Å². The highest BCUT2D eigenvalue weighted by Crippen LogP contribution is 2.32. The van der Waals surface area contributed by atoms with Gasteiger partial charge in [-0.25, -0.2) is 4.39 Å². The lowest BCUT2D eigenvalue weighted by atomic mass is 10.1. The topological polar surface area (TPSA) is 317 Å². The summed E-state index contributed by atoms with van der Waals surface area (Å²) in [5.74, 6) is -2.50. The van der Waals surface area contributed by atoms with Crippen molar-refractivity contribution in [3.05, 3.63) is 71.4 Å². The lowest BCUT2D eigenvalue weighted by molar-refractivity contribution is -0.140. The number of thioether (sulfide) groups is 1. The first-order chi connectivity index (χ1) is 46.8. The van der Waals surface area contributed by atoms with Crippen molar-refractivity contribution in [2.45, 2.75) is 120 Å². The maximum atomic E-state index is 14.6. The van der Waals surface area contributed by atoms with E-state index < -0.39 is 41.3 Å². The van der Waals surface area contributed by atoms with Crippen LogP contribution in [0, 0.1) is 18.3 Å². The Hall–Kier alpha value is -7.88. The summed E-state index contributed by atoms with van der Waals surface area (Å²) in [7, 11) is 0. The third kappa shape index (κ3) is 26.1. The van der Waals surface area contributed by atoms with Gasteiger partial charge in [-0.05, 0) is 95.2 Å². The number of nitrogens with one attached hydrogen (secondary N) is 3. The number of rotatable bonds is 37. The number of piperazine rings is 1. The Morgan fingerprint density at radius 3 is 2.09 bits per heavy atom. The van der Waals surface area contributed by atoms with Gasteiger partial charge in [-0.1, -0.05) is 42.7 Å². The summed E-state index contributed by atoms with van der Waals surface area (Å²) in [6.45, 7) is 10.7. The van der Waals surface area contributed by atoms with E-state index in [1.165, 1.54) is 40.9 Å². The Kier molecular flexibility index (Phi) is 31.6. The average Bonchev–Trinajstić information content (AvgIpc) is 1.80. The monoisotopic (exact) mass is 1370 g/mol. The fourth-order valence-electron chi connectivity index (χ4n) is 12.3. The zero-order chi connectivity index (χ0) is 69.5. The van der Waals surface area contributed by atoms with Crippen LogP contribution in [0.4, 0.5) is 4.39 Å². The number of hydrogen-bond donors (Lipinski definition) is 4. The number of pyridine rings is 1. The predicted molar refractivity (Wildman–Crippen MR) is 359 cm³/mol. The van der Waals surface area contributed by atoms with Crippen LogP contribution in [-0.4, -0.2) is 283 Å².